The summed E-state index contributed by atoms with van der Waals surface area (Å²) >= 11 is 6.49. The number of pyridine rings is 2. The minimum Gasteiger partial charge on any atom is -0.870 e. The van der Waals surface area contributed by atoms with Crippen molar-refractivity contribution >= 4 is 77.3 Å². The molecule has 0 aliphatic carbocycles. The summed E-state index contributed by atoms with van der Waals surface area (Å²) in [6.07, 6.45) is 5.52. The molecular formula is C20H30Br2CuN4O7S3. The van der Waals surface area contributed by atoms with Crippen LogP contribution in [0.2, 0.25) is 0 Å². The Hall–Kier alpha value is -0.751. The third-order valence-electron chi connectivity index (χ3n) is 3.03. The van der Waals surface area contributed by atoms with Crippen LogP contribution >= 0.6 is 31.9 Å². The smallest absolute Gasteiger partial charge is 0.870 e. The van der Waals surface area contributed by atoms with Crippen LogP contribution in [0.1, 0.15) is 57.7 Å². The predicted molar refractivity (Wildman–Crippen MR) is 150 cm³/mol. The molecule has 2 aromatic heterocycles. The first-order chi connectivity index (χ1) is 15.9. The maximum absolute atomic E-state index is 11.6. The van der Waals surface area contributed by atoms with Gasteiger partial charge in [-0.3, -0.25) is 19.9 Å². The quantitative estimate of drug-likeness (QED) is 0.114. The number of rotatable bonds is 3. The number of nitrogens with zero attached hydrogens (tertiary/aromatic N) is 3. The molecule has 215 valence electrons. The first-order valence-electron chi connectivity index (χ1n) is 9.49. The molecule has 17 heteroatoms. The number of aldehydes is 1. The first-order valence-corrected chi connectivity index (χ1v) is 14.4. The fraction of sp³-hybridized carbons (Fsp3) is 0.400. The molecule has 2 heterocycles. The van der Waals surface area contributed by atoms with Crippen molar-refractivity contribution in [2.45, 2.75) is 51.0 Å². The Morgan fingerprint density at radius 2 is 1.27 bits per heavy atom. The topological polar surface area (TPSA) is 200 Å². The molecule has 0 fully saturated rings. The molecule has 0 amide bonds. The molecule has 0 aromatic carbocycles. The first kappa shape index (κ1) is 43.3. The van der Waals surface area contributed by atoms with Crippen molar-refractivity contribution in [2.24, 2.45) is 9.54 Å². The molecule has 1 radical (unpaired) electrons. The zero-order chi connectivity index (χ0) is 27.8. The molecule has 4 N–H and O–H groups in total. The van der Waals surface area contributed by atoms with Crippen molar-refractivity contribution in [3.8, 4) is 0 Å². The molecule has 0 bridgehead atoms. The second-order valence-electron chi connectivity index (χ2n) is 8.14. The molecule has 37 heavy (non-hydrogen) atoms. The minimum atomic E-state index is -2.86. The van der Waals surface area contributed by atoms with Crippen LogP contribution in [0, 0.1) is 0 Å². The fourth-order valence-electron chi connectivity index (χ4n) is 1.18. The van der Waals surface area contributed by atoms with Crippen LogP contribution < -0.4 is 5.14 Å². The number of halogens is 2. The molecule has 0 aliphatic rings. The van der Waals surface area contributed by atoms with E-state index in [9.17, 15) is 13.2 Å². The number of hydrogen-bond donors (Lipinski definition) is 2. The Kier molecular flexibility index (Phi) is 25.9. The molecule has 0 saturated heterocycles. The van der Waals surface area contributed by atoms with Crippen LogP contribution in [0.4, 0.5) is 0 Å². The summed E-state index contributed by atoms with van der Waals surface area (Å²) in [7, 11) is -5.27. The van der Waals surface area contributed by atoms with Gasteiger partial charge in [-0.25, -0.2) is 8.42 Å². The standard InChI is InChI=1S/C10H13BrN2OS.C6H4BrNO.C4H11NOS.Cu.HO3S.H2O/c1-10(2,3)15(14)13-7-9-5-4-8(11)6-12-9;7-5-1-2-6(4-9)8-3-5;1-4(2,3)7(5)6;;1-4(2)3;/h4-7H,1-3H3;1-4H;5H2,1-3H3;;(H,1,2,3);1H2/q;;;+2;-1;/p-1/t15-;;7-;;;/m0.0.../s1. The van der Waals surface area contributed by atoms with Crippen LogP contribution in [0.5, 0.6) is 0 Å². The van der Waals surface area contributed by atoms with Crippen LogP contribution in [-0.2, 0) is 58.4 Å². The second kappa shape index (κ2) is 22.1. The maximum Gasteiger partial charge on any atom is 2.00 e. The maximum atomic E-state index is 11.6. The van der Waals surface area contributed by atoms with Gasteiger partial charge in [-0.15, -0.1) is 0 Å². The molecule has 0 unspecified atom stereocenters. The van der Waals surface area contributed by atoms with E-state index in [-0.39, 0.29) is 32.0 Å². The summed E-state index contributed by atoms with van der Waals surface area (Å²) in [6, 6.07) is 7.11. The third kappa shape index (κ3) is 26.6. The summed E-state index contributed by atoms with van der Waals surface area (Å²) in [5, 5.41) is 5.04. The third-order valence-corrected chi connectivity index (χ3v) is 6.52. The number of carbonyl (C=O) groups is 1. The minimum absolute atomic E-state index is 0. The average molecular weight is 758 g/mol. The Labute approximate surface area is 251 Å². The largest absolute Gasteiger partial charge is 2.00 e. The Morgan fingerprint density at radius 3 is 1.51 bits per heavy atom. The van der Waals surface area contributed by atoms with E-state index >= 15 is 0 Å². The molecule has 2 rings (SSSR count). The van der Waals surface area contributed by atoms with Gasteiger partial charge >= 0.3 is 17.1 Å². The van der Waals surface area contributed by atoms with E-state index in [0.29, 0.717) is 17.7 Å². The van der Waals surface area contributed by atoms with Crippen LogP contribution in [0.25, 0.3) is 0 Å². The normalized spacial score (nSPS) is 12.1. The van der Waals surface area contributed by atoms with E-state index in [0.717, 1.165) is 8.95 Å². The number of nitrogens with two attached hydrogens (primary N) is 1. The van der Waals surface area contributed by atoms with Crippen LogP contribution in [-0.4, -0.2) is 50.4 Å². The molecule has 0 spiro atoms. The van der Waals surface area contributed by atoms with Gasteiger partial charge in [0.25, 0.3) is 0 Å². The van der Waals surface area contributed by atoms with Gasteiger partial charge in [0, 0.05) is 32.3 Å². The molecule has 0 saturated carbocycles. The van der Waals surface area contributed by atoms with E-state index in [4.69, 9.17) is 18.1 Å². The van der Waals surface area contributed by atoms with E-state index in [1.165, 1.54) is 6.21 Å². The van der Waals surface area contributed by atoms with Crippen molar-refractivity contribution in [1.82, 2.24) is 9.97 Å². The van der Waals surface area contributed by atoms with Gasteiger partial charge in [-0.1, -0.05) is 0 Å². The number of carbonyl (C=O) groups excluding carboxylic acids is 1. The summed E-state index contributed by atoms with van der Waals surface area (Å²) in [5.74, 6) is 0. The van der Waals surface area contributed by atoms with Crippen molar-refractivity contribution in [3.63, 3.8) is 0 Å². The van der Waals surface area contributed by atoms with Gasteiger partial charge in [-0.05, 0) is 97.7 Å². The Balaban J connectivity index is -0.000000214. The van der Waals surface area contributed by atoms with E-state index in [2.05, 4.69) is 46.2 Å². The van der Waals surface area contributed by atoms with Crippen molar-refractivity contribution in [1.29, 1.82) is 0 Å². The van der Waals surface area contributed by atoms with Gasteiger partial charge in [0.15, 0.2) is 6.29 Å². The second-order valence-corrected chi connectivity index (χ2v) is 14.2. The fourth-order valence-corrected chi connectivity index (χ4v) is 2.17. The molecule has 2 aromatic rings. The average Bonchev–Trinajstić information content (AvgIpc) is 2.73. The van der Waals surface area contributed by atoms with E-state index in [1.807, 2.05) is 53.7 Å². The van der Waals surface area contributed by atoms with Gasteiger partial charge in [0.2, 0.25) is 0 Å². The van der Waals surface area contributed by atoms with Crippen molar-refractivity contribution < 1.29 is 48.7 Å². The van der Waals surface area contributed by atoms with Crippen molar-refractivity contribution in [3.05, 3.63) is 57.0 Å². The number of aromatic nitrogens is 2. The predicted octanol–water partition coefficient (Wildman–Crippen LogP) is 4.38. The van der Waals surface area contributed by atoms with Crippen molar-refractivity contribution in [2.75, 3.05) is 0 Å². The zero-order valence-electron chi connectivity index (χ0n) is 20.8. The van der Waals surface area contributed by atoms with Crippen LogP contribution in [0.15, 0.2) is 50.0 Å². The SMILES string of the molecule is CC(C)(C)[S@@](N)=O.CC(C)(C)[S@](=O)N=Cc1ccc(Br)cn1.O=Cc1ccc(Br)cn1.O=[S-](=O)O.[Cu+2].[OH-]. The summed E-state index contributed by atoms with van der Waals surface area (Å²) in [6.45, 7) is 11.2. The monoisotopic (exact) mass is 755 g/mol. The Morgan fingerprint density at radius 1 is 0.919 bits per heavy atom. The summed E-state index contributed by atoms with van der Waals surface area (Å²) < 4.78 is 51.2. The van der Waals surface area contributed by atoms with Gasteiger partial charge in [0.05, 0.1) is 32.4 Å². The molecular weight excluding hydrogens is 728 g/mol. The molecule has 0 aliphatic heterocycles. The zero-order valence-corrected chi connectivity index (χ0v) is 27.3. The van der Waals surface area contributed by atoms with Gasteiger partial charge in [-0.2, -0.15) is 4.40 Å². The number of hydrogen-bond acceptors (Lipinski definition) is 9. The van der Waals surface area contributed by atoms with E-state index in [1.54, 1.807) is 24.5 Å². The summed E-state index contributed by atoms with van der Waals surface area (Å²) in [4.78, 5) is 17.9. The van der Waals surface area contributed by atoms with Gasteiger partial charge in [0.1, 0.15) is 16.7 Å². The Bertz CT molecular complexity index is 1050. The molecule has 11 nitrogen and oxygen atoms in total. The van der Waals surface area contributed by atoms with Crippen LogP contribution in [0.3, 0.4) is 0 Å². The summed E-state index contributed by atoms with van der Waals surface area (Å²) in [5.41, 5.74) is 1.16. The van der Waals surface area contributed by atoms with E-state index < -0.39 is 33.0 Å². The molecule has 2 atom stereocenters. The van der Waals surface area contributed by atoms with Gasteiger partial charge < -0.3 is 18.4 Å².